The van der Waals surface area contributed by atoms with Gasteiger partial charge in [0.25, 0.3) is 5.91 Å². The van der Waals surface area contributed by atoms with Gasteiger partial charge in [-0.05, 0) is 47.9 Å². The highest BCUT2D eigenvalue weighted by Gasteiger charge is 2.17. The van der Waals surface area contributed by atoms with Gasteiger partial charge in [-0.15, -0.1) is 0 Å². The summed E-state index contributed by atoms with van der Waals surface area (Å²) in [6, 6.07) is 18.4. The second-order valence-electron chi connectivity index (χ2n) is 6.41. The van der Waals surface area contributed by atoms with Crippen LogP contribution in [0.25, 0.3) is 10.8 Å². The Morgan fingerprint density at radius 3 is 2.59 bits per heavy atom. The van der Waals surface area contributed by atoms with Crippen LogP contribution in [-0.4, -0.2) is 17.4 Å². The SMILES string of the molecule is Cc1ccc([N+](=O)[O-])c(OCC(=O)N[C@H](C)c2ccc3ccccc3c2)c1. The fraction of sp³-hybridized carbons (Fsp3) is 0.190. The Morgan fingerprint density at radius 2 is 1.85 bits per heavy atom. The van der Waals surface area contributed by atoms with Crippen LogP contribution in [0.15, 0.2) is 60.7 Å². The van der Waals surface area contributed by atoms with E-state index in [2.05, 4.69) is 5.32 Å². The van der Waals surface area contributed by atoms with Gasteiger partial charge < -0.3 is 10.1 Å². The van der Waals surface area contributed by atoms with Crippen LogP contribution in [0.4, 0.5) is 5.69 Å². The monoisotopic (exact) mass is 364 g/mol. The van der Waals surface area contributed by atoms with E-state index in [9.17, 15) is 14.9 Å². The normalized spacial score (nSPS) is 11.8. The van der Waals surface area contributed by atoms with Crippen LogP contribution in [0, 0.1) is 17.0 Å². The summed E-state index contributed by atoms with van der Waals surface area (Å²) in [6.45, 7) is 3.40. The van der Waals surface area contributed by atoms with Crippen molar-refractivity contribution in [2.24, 2.45) is 0 Å². The molecule has 1 amide bonds. The van der Waals surface area contributed by atoms with Crippen LogP contribution in [0.1, 0.15) is 24.1 Å². The largest absolute Gasteiger partial charge is 0.477 e. The number of amides is 1. The molecule has 1 N–H and O–H groups in total. The van der Waals surface area contributed by atoms with Gasteiger partial charge in [-0.3, -0.25) is 14.9 Å². The third kappa shape index (κ3) is 4.41. The second kappa shape index (κ2) is 7.86. The Bertz CT molecular complexity index is 1000. The number of nitro benzene ring substituents is 1. The number of carbonyl (C=O) groups excluding carboxylic acids is 1. The minimum Gasteiger partial charge on any atom is -0.477 e. The molecule has 3 aromatic rings. The highest BCUT2D eigenvalue weighted by molar-refractivity contribution is 5.83. The highest BCUT2D eigenvalue weighted by atomic mass is 16.6. The molecule has 1 atom stereocenters. The van der Waals surface area contributed by atoms with Crippen molar-refractivity contribution in [2.75, 3.05) is 6.61 Å². The lowest BCUT2D eigenvalue weighted by Gasteiger charge is -2.15. The molecule has 3 aromatic carbocycles. The summed E-state index contributed by atoms with van der Waals surface area (Å²) < 4.78 is 5.39. The molecule has 27 heavy (non-hydrogen) atoms. The molecule has 0 aliphatic heterocycles. The number of nitro groups is 1. The van der Waals surface area contributed by atoms with Gasteiger partial charge in [-0.2, -0.15) is 0 Å². The molecule has 0 fully saturated rings. The van der Waals surface area contributed by atoms with Crippen LogP contribution in [-0.2, 0) is 4.79 Å². The van der Waals surface area contributed by atoms with Crippen LogP contribution in [0.3, 0.4) is 0 Å². The van der Waals surface area contributed by atoms with Crippen molar-refractivity contribution in [2.45, 2.75) is 19.9 Å². The molecule has 0 saturated carbocycles. The number of hydrogen-bond acceptors (Lipinski definition) is 4. The fourth-order valence-corrected chi connectivity index (χ4v) is 2.87. The summed E-state index contributed by atoms with van der Waals surface area (Å²) in [5, 5.41) is 16.2. The van der Waals surface area contributed by atoms with Gasteiger partial charge in [0.15, 0.2) is 12.4 Å². The lowest BCUT2D eigenvalue weighted by molar-refractivity contribution is -0.385. The number of fused-ring (bicyclic) bond motifs is 1. The number of aryl methyl sites for hydroxylation is 1. The summed E-state index contributed by atoms with van der Waals surface area (Å²) in [5.74, 6) is -0.250. The first-order chi connectivity index (χ1) is 12.9. The van der Waals surface area contributed by atoms with Crippen molar-refractivity contribution in [1.82, 2.24) is 5.32 Å². The van der Waals surface area contributed by atoms with E-state index in [0.29, 0.717) is 0 Å². The number of ether oxygens (including phenoxy) is 1. The summed E-state index contributed by atoms with van der Waals surface area (Å²) in [5.41, 5.74) is 1.64. The molecular weight excluding hydrogens is 344 g/mol. The predicted molar refractivity (Wildman–Crippen MR) is 104 cm³/mol. The summed E-state index contributed by atoms with van der Waals surface area (Å²) in [4.78, 5) is 22.8. The molecule has 0 heterocycles. The van der Waals surface area contributed by atoms with Crippen LogP contribution < -0.4 is 10.1 Å². The third-order valence-electron chi connectivity index (χ3n) is 4.32. The van der Waals surface area contributed by atoms with E-state index in [1.807, 2.05) is 49.4 Å². The lowest BCUT2D eigenvalue weighted by atomic mass is 10.0. The minimum atomic E-state index is -0.523. The molecule has 6 heteroatoms. The Hall–Kier alpha value is -3.41. The Kier molecular flexibility index (Phi) is 5.35. The molecule has 6 nitrogen and oxygen atoms in total. The Labute approximate surface area is 156 Å². The molecular formula is C21H20N2O4. The van der Waals surface area contributed by atoms with Gasteiger partial charge in [-0.1, -0.05) is 42.5 Å². The molecule has 0 saturated heterocycles. The van der Waals surface area contributed by atoms with E-state index >= 15 is 0 Å². The zero-order valence-corrected chi connectivity index (χ0v) is 15.1. The standard InChI is InChI=1S/C21H20N2O4/c1-14-7-10-19(23(25)26)20(11-14)27-13-21(24)22-15(2)17-9-8-16-5-3-4-6-18(16)12-17/h3-12,15H,13H2,1-2H3,(H,22,24)/t15-/m1/s1. The molecule has 138 valence electrons. The summed E-state index contributed by atoms with van der Waals surface area (Å²) in [6.07, 6.45) is 0. The first-order valence-electron chi connectivity index (χ1n) is 8.60. The maximum atomic E-state index is 12.2. The first-order valence-corrected chi connectivity index (χ1v) is 8.60. The van der Waals surface area contributed by atoms with Crippen molar-refractivity contribution < 1.29 is 14.5 Å². The fourth-order valence-electron chi connectivity index (χ4n) is 2.87. The van der Waals surface area contributed by atoms with Gasteiger partial charge in [0, 0.05) is 6.07 Å². The summed E-state index contributed by atoms with van der Waals surface area (Å²) >= 11 is 0. The van der Waals surface area contributed by atoms with E-state index in [0.717, 1.165) is 21.9 Å². The molecule has 0 bridgehead atoms. The molecule has 0 aliphatic carbocycles. The van der Waals surface area contributed by atoms with Crippen molar-refractivity contribution >= 4 is 22.4 Å². The zero-order valence-electron chi connectivity index (χ0n) is 15.1. The quantitative estimate of drug-likeness (QED) is 0.522. The van der Waals surface area contributed by atoms with Crippen molar-refractivity contribution in [3.05, 3.63) is 81.9 Å². The third-order valence-corrected chi connectivity index (χ3v) is 4.32. The maximum Gasteiger partial charge on any atom is 0.310 e. The van der Waals surface area contributed by atoms with Gasteiger partial charge in [-0.25, -0.2) is 0 Å². The van der Waals surface area contributed by atoms with E-state index in [4.69, 9.17) is 4.74 Å². The highest BCUT2D eigenvalue weighted by Crippen LogP contribution is 2.27. The smallest absolute Gasteiger partial charge is 0.310 e. The van der Waals surface area contributed by atoms with Crippen molar-refractivity contribution in [3.8, 4) is 5.75 Å². The Morgan fingerprint density at radius 1 is 1.11 bits per heavy atom. The topological polar surface area (TPSA) is 81.5 Å². The number of hydrogen-bond donors (Lipinski definition) is 1. The molecule has 0 aromatic heterocycles. The maximum absolute atomic E-state index is 12.2. The lowest BCUT2D eigenvalue weighted by Crippen LogP contribution is -2.31. The molecule has 0 aliphatic rings. The Balaban J connectivity index is 1.65. The van der Waals surface area contributed by atoms with Gasteiger partial charge in [0.05, 0.1) is 11.0 Å². The number of nitrogens with one attached hydrogen (secondary N) is 1. The van der Waals surface area contributed by atoms with Crippen LogP contribution >= 0.6 is 0 Å². The predicted octanol–water partition coefficient (Wildman–Crippen LogP) is 4.31. The average Bonchev–Trinajstić information content (AvgIpc) is 2.65. The van der Waals surface area contributed by atoms with Crippen LogP contribution in [0.5, 0.6) is 5.75 Å². The number of rotatable bonds is 6. The molecule has 3 rings (SSSR count). The van der Waals surface area contributed by atoms with Gasteiger partial charge >= 0.3 is 5.69 Å². The first kappa shape index (κ1) is 18.4. The van der Waals surface area contributed by atoms with E-state index in [1.54, 1.807) is 19.1 Å². The van der Waals surface area contributed by atoms with Crippen molar-refractivity contribution in [1.29, 1.82) is 0 Å². The number of benzene rings is 3. The van der Waals surface area contributed by atoms with Crippen LogP contribution in [0.2, 0.25) is 0 Å². The summed E-state index contributed by atoms with van der Waals surface area (Å²) in [7, 11) is 0. The zero-order chi connectivity index (χ0) is 19.4. The number of carbonyl (C=O) groups is 1. The minimum absolute atomic E-state index is 0.0912. The van der Waals surface area contributed by atoms with E-state index < -0.39 is 4.92 Å². The molecule has 0 radical (unpaired) electrons. The molecule has 0 unspecified atom stereocenters. The van der Waals surface area contributed by atoms with Gasteiger partial charge in [0.1, 0.15) is 0 Å². The van der Waals surface area contributed by atoms with E-state index in [-0.39, 0.29) is 30.0 Å². The molecule has 0 spiro atoms. The van der Waals surface area contributed by atoms with E-state index in [1.165, 1.54) is 6.07 Å². The van der Waals surface area contributed by atoms with Crippen molar-refractivity contribution in [3.63, 3.8) is 0 Å². The number of nitrogens with zero attached hydrogens (tertiary/aromatic N) is 1. The second-order valence-corrected chi connectivity index (χ2v) is 6.41. The average molecular weight is 364 g/mol. The van der Waals surface area contributed by atoms with Gasteiger partial charge in [0.2, 0.25) is 0 Å².